The monoisotopic (exact) mass is 261 g/mol. The van der Waals surface area contributed by atoms with E-state index in [4.69, 9.17) is 10.8 Å². The van der Waals surface area contributed by atoms with Gasteiger partial charge in [0.25, 0.3) is 0 Å². The number of nitrogens with two attached hydrogens (primary N) is 1. The molecule has 1 rings (SSSR count). The highest BCUT2D eigenvalue weighted by Gasteiger charge is 2.31. The first-order valence-electron chi connectivity index (χ1n) is 4.90. The van der Waals surface area contributed by atoms with Crippen molar-refractivity contribution in [2.45, 2.75) is 18.6 Å². The number of aliphatic carboxylic acids is 1. The Balaban J connectivity index is 2.97. The zero-order valence-electron chi connectivity index (χ0n) is 9.07. The number of carboxylic acids is 1. The number of rotatable bonds is 4. The zero-order chi connectivity index (χ0) is 13.9. The third-order valence-corrected chi connectivity index (χ3v) is 2.21. The van der Waals surface area contributed by atoms with Crippen LogP contribution in [0.4, 0.5) is 13.2 Å². The number of hydrogen-bond acceptors (Lipinski definition) is 3. The number of halogens is 3. The first-order valence-corrected chi connectivity index (χ1v) is 4.90. The highest BCUT2D eigenvalue weighted by molar-refractivity contribution is 6.01. The molecule has 0 spiro atoms. The summed E-state index contributed by atoms with van der Waals surface area (Å²) in [4.78, 5) is 22.0. The Bertz CT molecular complexity index is 471. The van der Waals surface area contributed by atoms with E-state index in [2.05, 4.69) is 0 Å². The van der Waals surface area contributed by atoms with Crippen molar-refractivity contribution in [1.82, 2.24) is 0 Å². The lowest BCUT2D eigenvalue weighted by Gasteiger charge is -2.11. The number of carbonyl (C=O) groups excluding carboxylic acids is 1. The first-order chi connectivity index (χ1) is 8.21. The molecule has 7 heteroatoms. The molecular weight excluding hydrogens is 251 g/mol. The maximum Gasteiger partial charge on any atom is 0.416 e. The van der Waals surface area contributed by atoms with Crippen LogP contribution >= 0.6 is 0 Å². The zero-order valence-corrected chi connectivity index (χ0v) is 9.07. The fourth-order valence-corrected chi connectivity index (χ4v) is 1.34. The van der Waals surface area contributed by atoms with Crippen LogP contribution < -0.4 is 5.73 Å². The van der Waals surface area contributed by atoms with Gasteiger partial charge in [0.15, 0.2) is 5.78 Å². The van der Waals surface area contributed by atoms with E-state index < -0.39 is 36.0 Å². The summed E-state index contributed by atoms with van der Waals surface area (Å²) in [7, 11) is 0. The van der Waals surface area contributed by atoms with Gasteiger partial charge in [0.05, 0.1) is 18.0 Å². The molecule has 0 aromatic heterocycles. The molecule has 98 valence electrons. The number of carbonyl (C=O) groups is 2. The molecule has 1 aromatic carbocycles. The Morgan fingerprint density at radius 1 is 1.33 bits per heavy atom. The van der Waals surface area contributed by atoms with E-state index in [1.807, 2.05) is 0 Å². The number of alkyl halides is 3. The van der Waals surface area contributed by atoms with Crippen LogP contribution in [0.5, 0.6) is 0 Å². The van der Waals surface area contributed by atoms with Crippen LogP contribution in [0, 0.1) is 0 Å². The maximum atomic E-state index is 12.4. The van der Waals surface area contributed by atoms with Gasteiger partial charge in [0.1, 0.15) is 0 Å². The quantitative estimate of drug-likeness (QED) is 0.808. The van der Waals surface area contributed by atoms with Gasteiger partial charge < -0.3 is 10.8 Å². The summed E-state index contributed by atoms with van der Waals surface area (Å²) in [5, 5.41) is 8.45. The Morgan fingerprint density at radius 3 is 2.44 bits per heavy atom. The summed E-state index contributed by atoms with van der Waals surface area (Å²) in [5.41, 5.74) is 4.07. The molecule has 1 aromatic rings. The molecule has 0 fully saturated rings. The van der Waals surface area contributed by atoms with Gasteiger partial charge in [0.2, 0.25) is 0 Å². The third kappa shape index (κ3) is 3.56. The van der Waals surface area contributed by atoms with E-state index in [0.29, 0.717) is 6.07 Å². The molecule has 0 saturated carbocycles. The number of benzene rings is 1. The van der Waals surface area contributed by atoms with E-state index in [1.165, 1.54) is 6.07 Å². The van der Waals surface area contributed by atoms with Crippen molar-refractivity contribution in [3.63, 3.8) is 0 Å². The molecule has 1 atom stereocenters. The summed E-state index contributed by atoms with van der Waals surface area (Å²) < 4.78 is 37.2. The Kier molecular flexibility index (Phi) is 4.07. The summed E-state index contributed by atoms with van der Waals surface area (Å²) in [6, 6.07) is 2.36. The van der Waals surface area contributed by atoms with E-state index in [0.717, 1.165) is 12.1 Å². The van der Waals surface area contributed by atoms with Crippen molar-refractivity contribution in [2.75, 3.05) is 0 Å². The fourth-order valence-electron chi connectivity index (χ4n) is 1.34. The predicted molar refractivity (Wildman–Crippen MR) is 56.0 cm³/mol. The SMILES string of the molecule is NC(CC(=O)O)C(=O)c1cccc(C(F)(F)F)c1. The van der Waals surface area contributed by atoms with E-state index in [1.54, 1.807) is 0 Å². The summed E-state index contributed by atoms with van der Waals surface area (Å²) >= 11 is 0. The minimum atomic E-state index is -4.56. The summed E-state index contributed by atoms with van der Waals surface area (Å²) in [6.45, 7) is 0. The maximum absolute atomic E-state index is 12.4. The second-order valence-corrected chi connectivity index (χ2v) is 3.65. The lowest BCUT2D eigenvalue weighted by atomic mass is 10.0. The van der Waals surface area contributed by atoms with Gasteiger partial charge in [-0.15, -0.1) is 0 Å². The van der Waals surface area contributed by atoms with Gasteiger partial charge in [-0.1, -0.05) is 12.1 Å². The molecule has 0 bridgehead atoms. The summed E-state index contributed by atoms with van der Waals surface area (Å²) in [5.74, 6) is -2.12. The van der Waals surface area contributed by atoms with Crippen molar-refractivity contribution in [1.29, 1.82) is 0 Å². The first kappa shape index (κ1) is 14.2. The largest absolute Gasteiger partial charge is 0.481 e. The normalized spacial score (nSPS) is 13.1. The topological polar surface area (TPSA) is 80.4 Å². The van der Waals surface area contributed by atoms with Crippen molar-refractivity contribution >= 4 is 11.8 Å². The lowest BCUT2D eigenvalue weighted by Crippen LogP contribution is -2.33. The van der Waals surface area contributed by atoms with Gasteiger partial charge in [-0.25, -0.2) is 0 Å². The average molecular weight is 261 g/mol. The van der Waals surface area contributed by atoms with Gasteiger partial charge >= 0.3 is 12.1 Å². The van der Waals surface area contributed by atoms with Crippen molar-refractivity contribution in [3.05, 3.63) is 35.4 Å². The van der Waals surface area contributed by atoms with Crippen molar-refractivity contribution in [2.24, 2.45) is 5.73 Å². The van der Waals surface area contributed by atoms with Crippen molar-refractivity contribution < 1.29 is 27.9 Å². The van der Waals surface area contributed by atoms with Crippen LogP contribution in [0.25, 0.3) is 0 Å². The van der Waals surface area contributed by atoms with E-state index in [9.17, 15) is 22.8 Å². The predicted octanol–water partition coefficient (Wildman–Crippen LogP) is 1.69. The molecule has 0 amide bonds. The van der Waals surface area contributed by atoms with Gasteiger partial charge in [-0.3, -0.25) is 9.59 Å². The van der Waals surface area contributed by atoms with Crippen LogP contribution in [0.15, 0.2) is 24.3 Å². The van der Waals surface area contributed by atoms with E-state index >= 15 is 0 Å². The molecule has 0 radical (unpaired) electrons. The third-order valence-electron chi connectivity index (χ3n) is 2.21. The second kappa shape index (κ2) is 5.18. The average Bonchev–Trinajstić information content (AvgIpc) is 2.26. The molecular formula is C11H10F3NO3. The highest BCUT2D eigenvalue weighted by Crippen LogP contribution is 2.29. The van der Waals surface area contributed by atoms with Gasteiger partial charge in [-0.05, 0) is 12.1 Å². The van der Waals surface area contributed by atoms with Gasteiger partial charge in [0, 0.05) is 5.56 Å². The number of hydrogen-bond donors (Lipinski definition) is 2. The van der Waals surface area contributed by atoms with Crippen molar-refractivity contribution in [3.8, 4) is 0 Å². The molecule has 1 unspecified atom stereocenters. The molecule has 0 aliphatic heterocycles. The lowest BCUT2D eigenvalue weighted by molar-refractivity contribution is -0.138. The second-order valence-electron chi connectivity index (χ2n) is 3.65. The van der Waals surface area contributed by atoms with Crippen LogP contribution in [-0.4, -0.2) is 22.9 Å². The molecule has 18 heavy (non-hydrogen) atoms. The highest BCUT2D eigenvalue weighted by atomic mass is 19.4. The molecule has 0 saturated heterocycles. The van der Waals surface area contributed by atoms with Crippen LogP contribution in [0.3, 0.4) is 0 Å². The molecule has 0 aliphatic rings. The van der Waals surface area contributed by atoms with Gasteiger partial charge in [-0.2, -0.15) is 13.2 Å². The van der Waals surface area contributed by atoms with Crippen LogP contribution in [-0.2, 0) is 11.0 Å². The van der Waals surface area contributed by atoms with E-state index in [-0.39, 0.29) is 5.56 Å². The fraction of sp³-hybridized carbons (Fsp3) is 0.273. The summed E-state index contributed by atoms with van der Waals surface area (Å²) in [6.07, 6.45) is -5.19. The Labute approximate surface area is 100 Å². The molecule has 3 N–H and O–H groups in total. The van der Waals surface area contributed by atoms with Crippen LogP contribution in [0.1, 0.15) is 22.3 Å². The minimum Gasteiger partial charge on any atom is -0.481 e. The molecule has 0 heterocycles. The standard InChI is InChI=1S/C11H10F3NO3/c12-11(13,14)7-3-1-2-6(4-7)10(18)8(15)5-9(16)17/h1-4,8H,5,15H2,(H,16,17). The number of carboxylic acid groups (broad SMARTS) is 1. The molecule has 4 nitrogen and oxygen atoms in total. The Morgan fingerprint density at radius 2 is 1.94 bits per heavy atom. The number of ketones is 1. The number of Topliss-reactive ketones (excluding diaryl/α,β-unsaturated/α-hetero) is 1. The Hall–Kier alpha value is -1.89. The molecule has 0 aliphatic carbocycles. The van der Waals surface area contributed by atoms with Crippen LogP contribution in [0.2, 0.25) is 0 Å². The minimum absolute atomic E-state index is 0.251. The smallest absolute Gasteiger partial charge is 0.416 e.